The molecule has 0 aromatic heterocycles. The highest BCUT2D eigenvalue weighted by atomic mass is 15.0. The fraction of sp³-hybridized carbons (Fsp3) is 0.333. The fourth-order valence-corrected chi connectivity index (χ4v) is 0.273. The molecule has 0 spiro atoms. The highest BCUT2D eigenvalue weighted by Crippen LogP contribution is 1.91. The lowest BCUT2D eigenvalue weighted by molar-refractivity contribution is 1.06. The Bertz CT molecular complexity index is 122. The topological polar surface area (TPSA) is 36.2 Å². The van der Waals surface area contributed by atoms with Gasteiger partial charge < -0.3 is 0 Å². The summed E-state index contributed by atoms with van der Waals surface area (Å²) in [6.45, 7) is 3.71. The molecule has 0 aromatic carbocycles. The average molecular weight is 110 g/mol. The first kappa shape index (κ1) is 7.08. The van der Waals surface area contributed by atoms with Crippen LogP contribution in [-0.4, -0.2) is 0 Å². The molecule has 0 aliphatic rings. The highest BCUT2D eigenvalue weighted by molar-refractivity contribution is 5.07. The first-order valence-electron chi connectivity index (χ1n) is 2.48. The second-order valence-electron chi connectivity index (χ2n) is 1.45. The van der Waals surface area contributed by atoms with Gasteiger partial charge in [-0.2, -0.15) is 5.11 Å². The fourth-order valence-electron chi connectivity index (χ4n) is 0.273. The molecule has 8 heavy (non-hydrogen) atoms. The molecule has 0 heterocycles. The zero-order chi connectivity index (χ0) is 6.41. The summed E-state index contributed by atoms with van der Waals surface area (Å²) in [6, 6.07) is 0. The molecule has 0 fully saturated rings. The molecule has 0 atom stereocenters. The van der Waals surface area contributed by atoms with E-state index in [4.69, 9.17) is 5.53 Å². The van der Waals surface area contributed by atoms with Gasteiger partial charge in [-0.15, -0.1) is 0 Å². The van der Waals surface area contributed by atoms with Crippen molar-refractivity contribution < 1.29 is 0 Å². The Morgan fingerprint density at radius 1 is 1.62 bits per heavy atom. The molecule has 0 bridgehead atoms. The molecular formula is C6H10N2. The van der Waals surface area contributed by atoms with Crippen molar-refractivity contribution in [3.8, 4) is 0 Å². The Hall–Kier alpha value is -0.920. The van der Waals surface area contributed by atoms with E-state index in [9.17, 15) is 0 Å². The number of rotatable bonds is 2. The summed E-state index contributed by atoms with van der Waals surface area (Å²) in [5.74, 6) is 0. The van der Waals surface area contributed by atoms with Gasteiger partial charge in [-0.25, -0.2) is 5.53 Å². The van der Waals surface area contributed by atoms with E-state index in [0.29, 0.717) is 0 Å². The highest BCUT2D eigenvalue weighted by Gasteiger charge is 1.73. The quantitative estimate of drug-likeness (QED) is 0.419. The van der Waals surface area contributed by atoms with E-state index in [2.05, 4.69) is 5.11 Å². The smallest absolute Gasteiger partial charge is 0.0592 e. The van der Waals surface area contributed by atoms with Gasteiger partial charge in [0.1, 0.15) is 0 Å². The second-order valence-corrected chi connectivity index (χ2v) is 1.45. The van der Waals surface area contributed by atoms with Crippen LogP contribution in [0.25, 0.3) is 0 Å². The van der Waals surface area contributed by atoms with Crippen molar-refractivity contribution in [2.24, 2.45) is 5.11 Å². The molecule has 0 amide bonds. The van der Waals surface area contributed by atoms with Crippen molar-refractivity contribution in [3.05, 3.63) is 23.9 Å². The molecule has 0 radical (unpaired) electrons. The Kier molecular flexibility index (Phi) is 3.76. The Labute approximate surface area is 49.4 Å². The first-order chi connectivity index (χ1) is 3.81. The second kappa shape index (κ2) is 4.24. The number of nitrogens with one attached hydrogen (secondary N) is 1. The molecule has 0 rings (SSSR count). The Morgan fingerprint density at radius 3 is 2.62 bits per heavy atom. The maximum Gasteiger partial charge on any atom is 0.0592 e. The van der Waals surface area contributed by atoms with Crippen LogP contribution in [0, 0.1) is 5.53 Å². The zero-order valence-corrected chi connectivity index (χ0v) is 5.18. The van der Waals surface area contributed by atoms with E-state index >= 15 is 0 Å². The molecule has 2 nitrogen and oxygen atoms in total. The van der Waals surface area contributed by atoms with Crippen LogP contribution in [0.5, 0.6) is 0 Å². The van der Waals surface area contributed by atoms with Crippen molar-refractivity contribution >= 4 is 0 Å². The monoisotopic (exact) mass is 110 g/mol. The predicted molar refractivity (Wildman–Crippen MR) is 33.7 cm³/mol. The third kappa shape index (κ3) is 3.28. The van der Waals surface area contributed by atoms with Crippen LogP contribution in [0.4, 0.5) is 0 Å². The van der Waals surface area contributed by atoms with E-state index in [1.165, 1.54) is 0 Å². The molecule has 0 unspecified atom stereocenters. The van der Waals surface area contributed by atoms with E-state index in [1.54, 1.807) is 13.0 Å². The van der Waals surface area contributed by atoms with E-state index in [1.807, 2.05) is 19.1 Å². The Balaban J connectivity index is 3.74. The van der Waals surface area contributed by atoms with Crippen molar-refractivity contribution in [2.45, 2.75) is 13.8 Å². The lowest BCUT2D eigenvalue weighted by Crippen LogP contribution is -1.59. The minimum absolute atomic E-state index is 0.725. The third-order valence-electron chi connectivity index (χ3n) is 0.706. The maximum atomic E-state index is 6.51. The molecular weight excluding hydrogens is 100 g/mol. The molecule has 44 valence electrons. The van der Waals surface area contributed by atoms with Crippen LogP contribution in [0.2, 0.25) is 0 Å². The molecule has 0 aliphatic carbocycles. The average Bonchev–Trinajstić information content (AvgIpc) is 1.83. The van der Waals surface area contributed by atoms with Crippen molar-refractivity contribution in [2.75, 3.05) is 0 Å². The van der Waals surface area contributed by atoms with E-state index in [-0.39, 0.29) is 0 Å². The molecule has 2 heteroatoms. The Morgan fingerprint density at radius 2 is 2.25 bits per heavy atom. The van der Waals surface area contributed by atoms with Crippen LogP contribution in [-0.2, 0) is 0 Å². The van der Waals surface area contributed by atoms with E-state index < -0.39 is 0 Å². The summed E-state index contributed by atoms with van der Waals surface area (Å²) in [5, 5.41) is 3.19. The number of hydrogen-bond donors (Lipinski definition) is 1. The van der Waals surface area contributed by atoms with Crippen LogP contribution in [0.3, 0.4) is 0 Å². The van der Waals surface area contributed by atoms with Crippen molar-refractivity contribution in [1.82, 2.24) is 0 Å². The molecule has 0 aromatic rings. The van der Waals surface area contributed by atoms with Crippen LogP contribution >= 0.6 is 0 Å². The normalized spacial score (nSPS) is 12.5. The van der Waals surface area contributed by atoms with E-state index in [0.717, 1.165) is 5.70 Å². The largest absolute Gasteiger partial charge is 0.205 e. The van der Waals surface area contributed by atoms with Gasteiger partial charge in [-0.1, -0.05) is 12.2 Å². The summed E-state index contributed by atoms with van der Waals surface area (Å²) >= 11 is 0. The van der Waals surface area contributed by atoms with Gasteiger partial charge in [0.2, 0.25) is 0 Å². The molecule has 0 aliphatic heterocycles. The summed E-state index contributed by atoms with van der Waals surface area (Å²) in [6.07, 6.45) is 5.54. The minimum Gasteiger partial charge on any atom is -0.205 e. The van der Waals surface area contributed by atoms with Gasteiger partial charge in [0, 0.05) is 0 Å². The van der Waals surface area contributed by atoms with Crippen LogP contribution in [0.15, 0.2) is 29.0 Å². The zero-order valence-electron chi connectivity index (χ0n) is 5.18. The molecule has 0 saturated heterocycles. The van der Waals surface area contributed by atoms with Gasteiger partial charge in [-0.05, 0) is 19.9 Å². The van der Waals surface area contributed by atoms with Crippen molar-refractivity contribution in [3.63, 3.8) is 0 Å². The number of nitrogens with zero attached hydrogens (tertiary/aromatic N) is 1. The summed E-state index contributed by atoms with van der Waals surface area (Å²) in [5.41, 5.74) is 7.24. The predicted octanol–water partition coefficient (Wildman–Crippen LogP) is 2.50. The number of hydrogen-bond acceptors (Lipinski definition) is 2. The van der Waals surface area contributed by atoms with Crippen LogP contribution < -0.4 is 0 Å². The summed E-state index contributed by atoms with van der Waals surface area (Å²) in [4.78, 5) is 0. The molecule has 1 N–H and O–H groups in total. The standard InChI is InChI=1S/C6H10N2/c1-3-4-5-6(2)8-7/h3-5,7H,1-2H3/b4-3-,6-5-,8-7?. The SMILES string of the molecule is C/C=C\C=C(\C)N=N. The molecule has 0 saturated carbocycles. The lowest BCUT2D eigenvalue weighted by atomic mass is 10.4. The van der Waals surface area contributed by atoms with Gasteiger partial charge in [0.05, 0.1) is 5.70 Å². The summed E-state index contributed by atoms with van der Waals surface area (Å²) < 4.78 is 0. The van der Waals surface area contributed by atoms with Crippen molar-refractivity contribution in [1.29, 1.82) is 5.53 Å². The van der Waals surface area contributed by atoms with Gasteiger partial charge >= 0.3 is 0 Å². The van der Waals surface area contributed by atoms with Gasteiger partial charge in [-0.3, -0.25) is 0 Å². The van der Waals surface area contributed by atoms with Gasteiger partial charge in [0.25, 0.3) is 0 Å². The first-order valence-corrected chi connectivity index (χ1v) is 2.48. The number of allylic oxidation sites excluding steroid dienone is 4. The minimum atomic E-state index is 0.725. The maximum absolute atomic E-state index is 6.51. The summed E-state index contributed by atoms with van der Waals surface area (Å²) in [7, 11) is 0. The van der Waals surface area contributed by atoms with Gasteiger partial charge in [0.15, 0.2) is 0 Å². The lowest BCUT2D eigenvalue weighted by Gasteiger charge is -1.79. The van der Waals surface area contributed by atoms with Crippen LogP contribution in [0.1, 0.15) is 13.8 Å². The third-order valence-corrected chi connectivity index (χ3v) is 0.706.